The molecule has 1 aliphatic rings. The minimum atomic E-state index is -4.25. The molecule has 0 aromatic rings. The second kappa shape index (κ2) is 6.37. The van der Waals surface area contributed by atoms with Gasteiger partial charge in [0.1, 0.15) is 6.29 Å². The van der Waals surface area contributed by atoms with E-state index < -0.39 is 18.5 Å². The first-order valence-corrected chi connectivity index (χ1v) is 5.59. The fraction of sp³-hybridized carbons (Fsp3) is 0.500. The molecule has 100 valence electrons. The first kappa shape index (κ1) is 14.5. The van der Waals surface area contributed by atoms with E-state index in [4.69, 9.17) is 5.73 Å². The number of carbonyl (C=O) groups is 1. The molecule has 18 heavy (non-hydrogen) atoms. The standard InChI is InChI=1S/C12H15F3N2O/c13-12(14,15)7-10-4-1-3-9(8-18)11(16)5-2-6-17-10/h1,3,5,8-9H,2,4,6-7,16H2/b3-1-,11-5-,17-10+. The molecule has 1 rings (SSSR count). The zero-order valence-corrected chi connectivity index (χ0v) is 9.78. The van der Waals surface area contributed by atoms with Crippen LogP contribution in [0.5, 0.6) is 0 Å². The minimum Gasteiger partial charge on any atom is -0.401 e. The van der Waals surface area contributed by atoms with Gasteiger partial charge < -0.3 is 10.5 Å². The molecule has 0 saturated carbocycles. The van der Waals surface area contributed by atoms with E-state index in [2.05, 4.69) is 4.99 Å². The van der Waals surface area contributed by atoms with Gasteiger partial charge in [-0.25, -0.2) is 0 Å². The lowest BCUT2D eigenvalue weighted by Crippen LogP contribution is -2.16. The van der Waals surface area contributed by atoms with E-state index in [0.29, 0.717) is 18.4 Å². The van der Waals surface area contributed by atoms with Gasteiger partial charge in [-0.1, -0.05) is 18.2 Å². The summed E-state index contributed by atoms with van der Waals surface area (Å²) in [6.45, 7) is 0.255. The zero-order valence-electron chi connectivity index (χ0n) is 9.78. The molecule has 6 heteroatoms. The zero-order chi connectivity index (χ0) is 13.6. The summed E-state index contributed by atoms with van der Waals surface area (Å²) in [6.07, 6.45) is 0.583. The van der Waals surface area contributed by atoms with Gasteiger partial charge in [0, 0.05) is 24.4 Å². The summed E-state index contributed by atoms with van der Waals surface area (Å²) >= 11 is 0. The molecular formula is C12H15F3N2O. The van der Waals surface area contributed by atoms with Gasteiger partial charge in [-0.05, 0) is 6.42 Å². The highest BCUT2D eigenvalue weighted by atomic mass is 19.4. The van der Waals surface area contributed by atoms with Gasteiger partial charge in [0.25, 0.3) is 0 Å². The summed E-state index contributed by atoms with van der Waals surface area (Å²) < 4.78 is 36.8. The Morgan fingerprint density at radius 1 is 1.50 bits per heavy atom. The predicted molar refractivity (Wildman–Crippen MR) is 63.2 cm³/mol. The van der Waals surface area contributed by atoms with E-state index in [1.54, 1.807) is 6.08 Å². The number of aldehydes is 1. The smallest absolute Gasteiger partial charge is 0.394 e. The van der Waals surface area contributed by atoms with Gasteiger partial charge in [-0.2, -0.15) is 13.2 Å². The number of hydrogen-bond acceptors (Lipinski definition) is 3. The van der Waals surface area contributed by atoms with Crippen LogP contribution >= 0.6 is 0 Å². The molecule has 1 atom stereocenters. The molecule has 1 aliphatic heterocycles. The largest absolute Gasteiger partial charge is 0.401 e. The normalized spacial score (nSPS) is 29.6. The first-order chi connectivity index (χ1) is 8.42. The molecule has 0 saturated heterocycles. The Kier molecular flexibility index (Phi) is 5.12. The average molecular weight is 260 g/mol. The SMILES string of the molecule is N/C1=C\CC/N=C(/CC(F)(F)F)C/C=C\C1C=O. The van der Waals surface area contributed by atoms with Crippen molar-refractivity contribution in [1.29, 1.82) is 0 Å². The molecule has 2 N–H and O–H groups in total. The molecular weight excluding hydrogens is 245 g/mol. The fourth-order valence-electron chi connectivity index (χ4n) is 1.60. The Bertz CT molecular complexity index is 383. The Labute approximate surface area is 103 Å². The number of nitrogens with two attached hydrogens (primary N) is 1. The van der Waals surface area contributed by atoms with Crippen molar-refractivity contribution in [2.45, 2.75) is 25.4 Å². The number of carbonyl (C=O) groups excluding carboxylic acids is 1. The molecule has 0 aromatic carbocycles. The van der Waals surface area contributed by atoms with Crippen LogP contribution < -0.4 is 5.73 Å². The Balaban J connectivity index is 2.79. The van der Waals surface area contributed by atoms with E-state index in [1.165, 1.54) is 12.2 Å². The van der Waals surface area contributed by atoms with Crippen LogP contribution in [0.3, 0.4) is 0 Å². The van der Waals surface area contributed by atoms with E-state index in [0.717, 1.165) is 0 Å². The maximum atomic E-state index is 12.3. The summed E-state index contributed by atoms with van der Waals surface area (Å²) in [5.41, 5.74) is 6.16. The van der Waals surface area contributed by atoms with Gasteiger partial charge in [0.15, 0.2) is 0 Å². The van der Waals surface area contributed by atoms with E-state index in [-0.39, 0.29) is 18.7 Å². The van der Waals surface area contributed by atoms with Gasteiger partial charge in [0.2, 0.25) is 0 Å². The van der Waals surface area contributed by atoms with Crippen LogP contribution in [0.4, 0.5) is 13.2 Å². The third-order valence-electron chi connectivity index (χ3n) is 2.48. The number of hydrogen-bond donors (Lipinski definition) is 1. The number of halogens is 3. The molecule has 1 heterocycles. The average Bonchev–Trinajstić information content (AvgIpc) is 2.27. The number of aliphatic imine (C=N–C) groups is 1. The van der Waals surface area contributed by atoms with Crippen molar-refractivity contribution in [2.75, 3.05) is 6.54 Å². The first-order valence-electron chi connectivity index (χ1n) is 5.59. The molecule has 0 fully saturated rings. The third kappa shape index (κ3) is 5.16. The summed E-state index contributed by atoms with van der Waals surface area (Å²) in [7, 11) is 0. The molecule has 1 unspecified atom stereocenters. The van der Waals surface area contributed by atoms with Crippen molar-refractivity contribution in [1.82, 2.24) is 0 Å². The van der Waals surface area contributed by atoms with Gasteiger partial charge >= 0.3 is 6.18 Å². The highest BCUT2D eigenvalue weighted by Crippen LogP contribution is 2.22. The third-order valence-corrected chi connectivity index (χ3v) is 2.48. The lowest BCUT2D eigenvalue weighted by Gasteiger charge is -2.11. The lowest BCUT2D eigenvalue weighted by molar-refractivity contribution is -0.121. The van der Waals surface area contributed by atoms with Crippen LogP contribution in [0, 0.1) is 5.92 Å². The van der Waals surface area contributed by atoms with Crippen LogP contribution in [0.1, 0.15) is 19.3 Å². The van der Waals surface area contributed by atoms with Crippen LogP contribution in [-0.2, 0) is 4.79 Å². The summed E-state index contributed by atoms with van der Waals surface area (Å²) in [6, 6.07) is 0. The number of nitrogens with zero attached hydrogens (tertiary/aromatic N) is 1. The van der Waals surface area contributed by atoms with Gasteiger partial charge in [-0.15, -0.1) is 0 Å². The predicted octanol–water partition coefficient (Wildman–Crippen LogP) is 2.39. The van der Waals surface area contributed by atoms with Crippen molar-refractivity contribution < 1.29 is 18.0 Å². The van der Waals surface area contributed by atoms with Crippen molar-refractivity contribution in [3.8, 4) is 0 Å². The monoisotopic (exact) mass is 260 g/mol. The molecule has 0 radical (unpaired) electrons. The molecule has 0 spiro atoms. The van der Waals surface area contributed by atoms with Crippen molar-refractivity contribution in [3.63, 3.8) is 0 Å². The van der Waals surface area contributed by atoms with Crippen molar-refractivity contribution in [3.05, 3.63) is 23.9 Å². The Hall–Kier alpha value is -1.59. The maximum Gasteiger partial charge on any atom is 0.394 e. The van der Waals surface area contributed by atoms with Crippen LogP contribution in [0.25, 0.3) is 0 Å². The second-order valence-electron chi connectivity index (χ2n) is 4.03. The number of alkyl halides is 3. The van der Waals surface area contributed by atoms with Crippen LogP contribution in [0.15, 0.2) is 28.9 Å². The van der Waals surface area contributed by atoms with Gasteiger partial charge in [-0.3, -0.25) is 4.99 Å². The molecule has 0 aliphatic carbocycles. The molecule has 0 bridgehead atoms. The maximum absolute atomic E-state index is 12.3. The summed E-state index contributed by atoms with van der Waals surface area (Å²) in [4.78, 5) is 14.7. The Morgan fingerprint density at radius 2 is 2.22 bits per heavy atom. The highest BCUT2D eigenvalue weighted by Gasteiger charge is 2.29. The number of rotatable bonds is 2. The quantitative estimate of drug-likeness (QED) is 0.612. The summed E-state index contributed by atoms with van der Waals surface area (Å²) in [5, 5.41) is 0. The summed E-state index contributed by atoms with van der Waals surface area (Å²) in [5.74, 6) is -0.560. The van der Waals surface area contributed by atoms with E-state index in [1.807, 2.05) is 0 Å². The number of allylic oxidation sites excluding steroid dienone is 2. The van der Waals surface area contributed by atoms with Crippen molar-refractivity contribution in [2.24, 2.45) is 16.6 Å². The van der Waals surface area contributed by atoms with E-state index >= 15 is 0 Å². The minimum absolute atomic E-state index is 0.0808. The molecule has 0 amide bonds. The highest BCUT2D eigenvalue weighted by molar-refractivity contribution is 5.86. The van der Waals surface area contributed by atoms with Crippen LogP contribution in [0.2, 0.25) is 0 Å². The van der Waals surface area contributed by atoms with Crippen molar-refractivity contribution >= 4 is 12.0 Å². The topological polar surface area (TPSA) is 55.4 Å². The lowest BCUT2D eigenvalue weighted by atomic mass is 10.0. The van der Waals surface area contributed by atoms with Gasteiger partial charge in [0.05, 0.1) is 12.3 Å². The molecule has 3 nitrogen and oxygen atoms in total. The molecule has 0 aromatic heterocycles. The second-order valence-corrected chi connectivity index (χ2v) is 4.03. The fourth-order valence-corrected chi connectivity index (χ4v) is 1.60. The van der Waals surface area contributed by atoms with Crippen LogP contribution in [-0.4, -0.2) is 24.7 Å². The van der Waals surface area contributed by atoms with E-state index in [9.17, 15) is 18.0 Å². The Morgan fingerprint density at radius 3 is 2.83 bits per heavy atom.